The van der Waals surface area contributed by atoms with Crippen LogP contribution in [0.25, 0.3) is 0 Å². The molecule has 1 aliphatic heterocycles. The maximum Gasteiger partial charge on any atom is 0.333 e. The number of esters is 2. The van der Waals surface area contributed by atoms with Gasteiger partial charge in [-0.05, 0) is 79.3 Å². The Kier molecular flexibility index (Phi) is 47.2. The average molecular weight is 1530 g/mol. The van der Waals surface area contributed by atoms with Gasteiger partial charge in [0.25, 0.3) is 11.8 Å². The number of ether oxygens (including phenoxy) is 10. The minimum Gasteiger partial charge on any atom is -0.461 e. The summed E-state index contributed by atoms with van der Waals surface area (Å²) in [5, 5.41) is 21.8. The molecule has 0 aromatic heterocycles. The van der Waals surface area contributed by atoms with E-state index in [1.807, 2.05) is 0 Å². The van der Waals surface area contributed by atoms with E-state index in [0.717, 1.165) is 0 Å². The normalized spacial score (nSPS) is 13.0. The zero-order valence-electron chi connectivity index (χ0n) is 62.7. The molecule has 1 aliphatic rings. The zero-order chi connectivity index (χ0) is 79.4. The van der Waals surface area contributed by atoms with Crippen molar-refractivity contribution in [3.05, 3.63) is 59.7 Å². The van der Waals surface area contributed by atoms with Crippen molar-refractivity contribution in [2.45, 2.75) is 150 Å². The van der Waals surface area contributed by atoms with Crippen LogP contribution in [0, 0.1) is 11.8 Å². The van der Waals surface area contributed by atoms with Crippen molar-refractivity contribution < 1.29 is 119 Å². The van der Waals surface area contributed by atoms with E-state index in [2.05, 4.69) is 42.5 Å². The molecule has 3 rings (SSSR count). The number of carbonyl (C=O) groups excluding carboxylic acids is 14. The molecule has 0 saturated carbocycles. The van der Waals surface area contributed by atoms with E-state index in [-0.39, 0.29) is 221 Å². The molecule has 37 nitrogen and oxygen atoms in total. The highest BCUT2D eigenvalue weighted by molar-refractivity contribution is 6.02. The Hall–Kier alpha value is -9.50. The maximum absolute atomic E-state index is 13.6. The first-order chi connectivity index (χ1) is 51.7. The van der Waals surface area contributed by atoms with Gasteiger partial charge in [0.05, 0.1) is 106 Å². The molecule has 1 fully saturated rings. The van der Waals surface area contributed by atoms with Crippen LogP contribution in [-0.2, 0) is 123 Å². The number of nitrogens with zero attached hydrogens (tertiary/aromatic N) is 2. The topological polar surface area (TPSA) is 495 Å². The predicted molar refractivity (Wildman–Crippen MR) is 386 cm³/mol. The highest BCUT2D eigenvalue weighted by atomic mass is 16.7. The van der Waals surface area contributed by atoms with Gasteiger partial charge in [0.1, 0.15) is 37.4 Å². The second-order valence-corrected chi connectivity index (χ2v) is 25.2. The second kappa shape index (κ2) is 55.0. The first-order valence-electron chi connectivity index (χ1n) is 36.0. The van der Waals surface area contributed by atoms with Gasteiger partial charge >= 0.3 is 30.0 Å². The van der Waals surface area contributed by atoms with E-state index in [0.29, 0.717) is 40.4 Å². The van der Waals surface area contributed by atoms with Crippen molar-refractivity contribution in [2.75, 3.05) is 143 Å². The largest absolute Gasteiger partial charge is 0.461 e. The van der Waals surface area contributed by atoms with Crippen molar-refractivity contribution in [1.29, 1.82) is 0 Å². The fourth-order valence-electron chi connectivity index (χ4n) is 9.77. The highest BCUT2D eigenvalue weighted by Gasteiger charge is 2.34. The molecule has 0 aliphatic carbocycles. The van der Waals surface area contributed by atoms with E-state index in [9.17, 15) is 67.1 Å². The van der Waals surface area contributed by atoms with Crippen LogP contribution in [0.3, 0.4) is 0 Å². The molecule has 2 aromatic rings. The van der Waals surface area contributed by atoms with Crippen LogP contribution < -0.4 is 54.0 Å². The third-order valence-corrected chi connectivity index (χ3v) is 15.6. The average Bonchev–Trinajstić information content (AvgIpc) is 1.87. The Morgan fingerprint density at radius 3 is 1.11 bits per heavy atom. The quantitative estimate of drug-likeness (QED) is 0.0251. The van der Waals surface area contributed by atoms with E-state index in [1.54, 1.807) is 76.2 Å². The molecule has 13 amide bonds. The molecule has 1 heterocycles. The SMILES string of the molecule is CC(=O)OCc1ccc(NC(=O)C(CCCNC(N)=O)NC(=O)C(NC(=O)CCOCCOCCOCCOCCN(CCOCCOCCOCCOCCC(=O)NC(C(=O)NC(CCCNC(N)=O)C(=O)Nc2ccc(COC(C)=O)cc2)C(C)C)C(=O)CCCC(=O)ON2C(=O)CCC2=O)C(C)C)cc1. The summed E-state index contributed by atoms with van der Waals surface area (Å²) in [6.07, 6.45) is 0.413. The molecular weight excluding hydrogens is 1420 g/mol. The third kappa shape index (κ3) is 42.7. The number of imide groups is 1. The highest BCUT2D eigenvalue weighted by Crippen LogP contribution is 2.17. The van der Waals surface area contributed by atoms with Gasteiger partial charge in [0, 0.05) is 89.9 Å². The van der Waals surface area contributed by atoms with Gasteiger partial charge in [-0.25, -0.2) is 14.4 Å². The number of urea groups is 2. The standard InChI is InChI=1S/C71H110N12O25/c1-48(2)64(68(94)78-56(10-8-26-74-70(72)96)66(92)76-54-18-14-52(15-19-54)46-106-50(5)84)80-58(86)24-30-98-34-38-102-42-44-104-40-36-100-32-28-82(60(88)12-7-13-63(91)108-83-61(89)22-23-62(83)90)29-33-101-37-41-105-45-43-103-39-35-99-31-25-59(87)81-65(49(3)4)69(95)79-57(11-9-27-75-71(73)97)67(93)77-55-20-16-53(17-21-55)47-107-51(6)85/h14-21,48-49,56-57,64-65H,7-13,22-47H2,1-6H3,(H,76,92)(H,77,93)(H,78,94)(H,79,95)(H,80,86)(H,81,87)(H3,72,74,96)(H3,73,75,97). The van der Waals surface area contributed by atoms with Crippen molar-refractivity contribution in [1.82, 2.24) is 41.9 Å². The van der Waals surface area contributed by atoms with Gasteiger partial charge in [0.2, 0.25) is 41.4 Å². The summed E-state index contributed by atoms with van der Waals surface area (Å²) < 4.78 is 55.0. The molecule has 0 spiro atoms. The molecular formula is C71H110N12O25. The Bertz CT molecular complexity index is 2940. The molecule has 2 aromatic carbocycles. The summed E-state index contributed by atoms with van der Waals surface area (Å²) in [6.45, 7) is 13.1. The Labute approximate surface area is 628 Å². The van der Waals surface area contributed by atoms with Crippen LogP contribution in [-0.4, -0.2) is 249 Å². The summed E-state index contributed by atoms with van der Waals surface area (Å²) in [5.41, 5.74) is 12.6. The molecule has 4 atom stereocenters. The summed E-state index contributed by atoms with van der Waals surface area (Å²) in [4.78, 5) is 181. The lowest BCUT2D eigenvalue weighted by Crippen LogP contribution is -2.54. The molecule has 37 heteroatoms. The molecule has 12 N–H and O–H groups in total. The van der Waals surface area contributed by atoms with Gasteiger partial charge in [-0.15, -0.1) is 5.06 Å². The van der Waals surface area contributed by atoms with Gasteiger partial charge in [0.15, 0.2) is 0 Å². The smallest absolute Gasteiger partial charge is 0.333 e. The molecule has 4 unspecified atom stereocenters. The van der Waals surface area contributed by atoms with Gasteiger partial charge in [-0.2, -0.15) is 0 Å². The monoisotopic (exact) mass is 1530 g/mol. The van der Waals surface area contributed by atoms with Crippen LogP contribution in [0.1, 0.15) is 123 Å². The summed E-state index contributed by atoms with van der Waals surface area (Å²) in [7, 11) is 0. The number of primary amides is 2. The van der Waals surface area contributed by atoms with Crippen LogP contribution in [0.4, 0.5) is 21.0 Å². The minimum absolute atomic E-state index is 0.0298. The lowest BCUT2D eigenvalue weighted by molar-refractivity contribution is -0.197. The van der Waals surface area contributed by atoms with Gasteiger partial charge < -0.3 is 111 Å². The molecule has 0 bridgehead atoms. The van der Waals surface area contributed by atoms with Crippen LogP contribution >= 0.6 is 0 Å². The van der Waals surface area contributed by atoms with Crippen molar-refractivity contribution >= 4 is 94.5 Å². The van der Waals surface area contributed by atoms with E-state index >= 15 is 0 Å². The van der Waals surface area contributed by atoms with Gasteiger partial charge in [-0.1, -0.05) is 52.0 Å². The summed E-state index contributed by atoms with van der Waals surface area (Å²) in [5.74, 6) is -7.13. The lowest BCUT2D eigenvalue weighted by atomic mass is 10.0. The number of amides is 13. The third-order valence-electron chi connectivity index (χ3n) is 15.6. The number of carbonyl (C=O) groups is 14. The van der Waals surface area contributed by atoms with Crippen LogP contribution in [0.5, 0.6) is 0 Å². The Morgan fingerprint density at radius 1 is 0.435 bits per heavy atom. The number of nitrogens with two attached hydrogens (primary N) is 2. The fraction of sp³-hybridized carbons (Fsp3) is 0.634. The van der Waals surface area contributed by atoms with Gasteiger partial charge in [-0.3, -0.25) is 52.7 Å². The predicted octanol–water partition coefficient (Wildman–Crippen LogP) is 1.06. The minimum atomic E-state index is -1.05. The zero-order valence-corrected chi connectivity index (χ0v) is 62.7. The number of hydroxylamine groups is 2. The maximum atomic E-state index is 13.6. The van der Waals surface area contributed by atoms with Crippen molar-refractivity contribution in [2.24, 2.45) is 23.3 Å². The number of anilines is 2. The summed E-state index contributed by atoms with van der Waals surface area (Å²) >= 11 is 0. The van der Waals surface area contributed by atoms with E-state index in [1.165, 1.54) is 18.7 Å². The first kappa shape index (κ1) is 92.7. The fourth-order valence-corrected chi connectivity index (χ4v) is 9.77. The van der Waals surface area contributed by atoms with Crippen LogP contribution in [0.15, 0.2) is 48.5 Å². The van der Waals surface area contributed by atoms with Crippen LogP contribution in [0.2, 0.25) is 0 Å². The van der Waals surface area contributed by atoms with E-state index in [4.69, 9.17) is 63.7 Å². The second-order valence-electron chi connectivity index (χ2n) is 25.2. The number of hydrogen-bond acceptors (Lipinski definition) is 25. The molecule has 1 saturated heterocycles. The molecule has 108 heavy (non-hydrogen) atoms. The Balaban J connectivity index is 1.31. The first-order valence-corrected chi connectivity index (χ1v) is 36.0. The number of nitrogens with one attached hydrogen (secondary N) is 8. The lowest BCUT2D eigenvalue weighted by Gasteiger charge is -2.25. The molecule has 604 valence electrons. The number of benzene rings is 2. The van der Waals surface area contributed by atoms with Crippen molar-refractivity contribution in [3.63, 3.8) is 0 Å². The van der Waals surface area contributed by atoms with E-state index < -0.39 is 101 Å². The number of rotatable bonds is 59. The molecule has 0 radical (unpaired) electrons. The summed E-state index contributed by atoms with van der Waals surface area (Å²) in [6, 6.07) is 7.60. The Morgan fingerprint density at radius 2 is 0.778 bits per heavy atom. The van der Waals surface area contributed by atoms with Crippen molar-refractivity contribution in [3.8, 4) is 0 Å². The number of hydrogen-bond donors (Lipinski definition) is 10.